The molecule has 1 aromatic carbocycles. The van der Waals surface area contributed by atoms with E-state index in [4.69, 9.17) is 16.3 Å². The van der Waals surface area contributed by atoms with E-state index in [1.165, 1.54) is 18.0 Å². The lowest BCUT2D eigenvalue weighted by Gasteiger charge is -2.18. The van der Waals surface area contributed by atoms with E-state index < -0.39 is 12.0 Å². The van der Waals surface area contributed by atoms with E-state index in [2.05, 4.69) is 31.7 Å². The Morgan fingerprint density at radius 1 is 1.19 bits per heavy atom. The molecule has 1 unspecified atom stereocenters. The molecular weight excluding hydrogens is 430 g/mol. The number of carboxylic acids is 1. The molecule has 1 aliphatic heterocycles. The Balaban J connectivity index is 1.32. The maximum atomic E-state index is 11.3. The van der Waals surface area contributed by atoms with Crippen molar-refractivity contribution in [3.05, 3.63) is 70.6 Å². The molecule has 8 nitrogen and oxygen atoms in total. The lowest BCUT2D eigenvalue weighted by molar-refractivity contribution is -0.137. The third kappa shape index (κ3) is 5.85. The first-order chi connectivity index (χ1) is 15.6. The van der Waals surface area contributed by atoms with Crippen LogP contribution in [0, 0.1) is 0 Å². The first-order valence-electron chi connectivity index (χ1n) is 10.5. The molecule has 0 spiro atoms. The smallest absolute Gasteiger partial charge is 0.305 e. The van der Waals surface area contributed by atoms with Gasteiger partial charge < -0.3 is 20.5 Å². The van der Waals surface area contributed by atoms with Crippen LogP contribution in [0.1, 0.15) is 35.7 Å². The van der Waals surface area contributed by atoms with Gasteiger partial charge in [-0.25, -0.2) is 15.0 Å². The number of aliphatic carboxylic acids is 1. The summed E-state index contributed by atoms with van der Waals surface area (Å²) in [4.78, 5) is 24.5. The van der Waals surface area contributed by atoms with Crippen LogP contribution in [0.2, 0.25) is 5.02 Å². The van der Waals surface area contributed by atoms with Crippen molar-refractivity contribution in [1.29, 1.82) is 0 Å². The number of benzene rings is 1. The summed E-state index contributed by atoms with van der Waals surface area (Å²) in [5, 5.41) is 16.3. The molecule has 2 aromatic heterocycles. The van der Waals surface area contributed by atoms with Gasteiger partial charge in [0.05, 0.1) is 31.5 Å². The summed E-state index contributed by atoms with van der Waals surface area (Å²) < 4.78 is 5.71. The number of nitrogens with one attached hydrogen (secondary N) is 2. The number of hydrogen-bond donors (Lipinski definition) is 3. The van der Waals surface area contributed by atoms with Crippen molar-refractivity contribution in [3.8, 4) is 5.88 Å². The number of aryl methyl sites for hydroxylation is 1. The summed E-state index contributed by atoms with van der Waals surface area (Å²) in [7, 11) is 0. The fourth-order valence-corrected chi connectivity index (χ4v) is 3.66. The number of pyridine rings is 1. The minimum Gasteiger partial charge on any atom is -0.481 e. The van der Waals surface area contributed by atoms with Gasteiger partial charge in [0.15, 0.2) is 0 Å². The summed E-state index contributed by atoms with van der Waals surface area (Å²) in [6.07, 6.45) is 5.80. The Morgan fingerprint density at radius 3 is 2.78 bits per heavy atom. The monoisotopic (exact) mass is 453 g/mol. The van der Waals surface area contributed by atoms with Crippen molar-refractivity contribution in [3.63, 3.8) is 0 Å². The lowest BCUT2D eigenvalue weighted by Crippen LogP contribution is -2.16. The summed E-state index contributed by atoms with van der Waals surface area (Å²) >= 11 is 5.93. The van der Waals surface area contributed by atoms with Gasteiger partial charge in [0, 0.05) is 23.7 Å². The summed E-state index contributed by atoms with van der Waals surface area (Å²) in [5.41, 5.74) is 3.02. The minimum atomic E-state index is -0.920. The average Bonchev–Trinajstić information content (AvgIpc) is 2.80. The second kappa shape index (κ2) is 10.3. The van der Waals surface area contributed by atoms with Gasteiger partial charge in [-0.1, -0.05) is 29.8 Å². The van der Waals surface area contributed by atoms with E-state index in [1.54, 1.807) is 24.3 Å². The fourth-order valence-electron chi connectivity index (χ4n) is 3.53. The normalized spacial score (nSPS) is 13.5. The number of anilines is 2. The zero-order valence-corrected chi connectivity index (χ0v) is 18.2. The van der Waals surface area contributed by atoms with Gasteiger partial charge in [0.1, 0.15) is 11.6 Å². The predicted octanol–water partition coefficient (Wildman–Crippen LogP) is 4.13. The molecule has 1 atom stereocenters. The van der Waals surface area contributed by atoms with Crippen molar-refractivity contribution < 1.29 is 14.6 Å². The molecule has 4 rings (SSSR count). The highest BCUT2D eigenvalue weighted by atomic mass is 35.5. The highest BCUT2D eigenvalue weighted by molar-refractivity contribution is 6.30. The molecule has 0 bridgehead atoms. The number of halogens is 1. The summed E-state index contributed by atoms with van der Waals surface area (Å²) in [6.45, 7) is 1.39. The fraction of sp³-hybridized carbons (Fsp3) is 0.304. The minimum absolute atomic E-state index is 0.107. The van der Waals surface area contributed by atoms with E-state index >= 15 is 0 Å². The SMILES string of the molecule is O=C(O)CC(Nc1cnc(OCCc2ccc3c(n2)NCCC3)cn1)c1ccc(Cl)cc1. The van der Waals surface area contributed by atoms with Crippen LogP contribution in [-0.4, -0.2) is 39.2 Å². The molecule has 0 saturated carbocycles. The highest BCUT2D eigenvalue weighted by Gasteiger charge is 2.16. The largest absolute Gasteiger partial charge is 0.481 e. The van der Waals surface area contributed by atoms with E-state index in [0.717, 1.165) is 36.5 Å². The van der Waals surface area contributed by atoms with Crippen LogP contribution in [0.25, 0.3) is 0 Å². The molecule has 0 saturated heterocycles. The van der Waals surface area contributed by atoms with E-state index in [0.29, 0.717) is 29.7 Å². The Kier molecular flexibility index (Phi) is 7.01. The first kappa shape index (κ1) is 21.8. The number of carbonyl (C=O) groups is 1. The molecule has 9 heteroatoms. The van der Waals surface area contributed by atoms with Gasteiger partial charge >= 0.3 is 5.97 Å². The zero-order valence-electron chi connectivity index (χ0n) is 17.4. The Labute approximate surface area is 191 Å². The predicted molar refractivity (Wildman–Crippen MR) is 122 cm³/mol. The number of ether oxygens (including phenoxy) is 1. The van der Waals surface area contributed by atoms with Crippen LogP contribution in [0.15, 0.2) is 48.8 Å². The van der Waals surface area contributed by atoms with Crippen LogP contribution >= 0.6 is 11.6 Å². The second-order valence-electron chi connectivity index (χ2n) is 7.53. The van der Waals surface area contributed by atoms with Gasteiger partial charge in [0.2, 0.25) is 5.88 Å². The molecule has 32 heavy (non-hydrogen) atoms. The summed E-state index contributed by atoms with van der Waals surface area (Å²) in [5.74, 6) is 0.908. The molecule has 0 amide bonds. The first-order valence-corrected chi connectivity index (χ1v) is 10.9. The van der Waals surface area contributed by atoms with Gasteiger partial charge in [-0.3, -0.25) is 4.79 Å². The quantitative estimate of drug-likeness (QED) is 0.443. The molecule has 0 fully saturated rings. The van der Waals surface area contributed by atoms with Crippen molar-refractivity contribution >= 4 is 29.2 Å². The van der Waals surface area contributed by atoms with Gasteiger partial charge in [0.25, 0.3) is 0 Å². The van der Waals surface area contributed by atoms with Crippen molar-refractivity contribution in [2.24, 2.45) is 0 Å². The van der Waals surface area contributed by atoms with Crippen LogP contribution in [0.3, 0.4) is 0 Å². The maximum absolute atomic E-state index is 11.3. The van der Waals surface area contributed by atoms with Crippen LogP contribution < -0.4 is 15.4 Å². The molecule has 3 heterocycles. The van der Waals surface area contributed by atoms with Crippen molar-refractivity contribution in [1.82, 2.24) is 15.0 Å². The number of fused-ring (bicyclic) bond motifs is 1. The summed E-state index contributed by atoms with van der Waals surface area (Å²) in [6, 6.07) is 10.7. The topological polar surface area (TPSA) is 109 Å². The molecule has 166 valence electrons. The average molecular weight is 454 g/mol. The van der Waals surface area contributed by atoms with Crippen molar-refractivity contribution in [2.75, 3.05) is 23.8 Å². The van der Waals surface area contributed by atoms with E-state index in [1.807, 2.05) is 6.07 Å². The molecular formula is C23H24ClN5O3. The van der Waals surface area contributed by atoms with E-state index in [-0.39, 0.29) is 6.42 Å². The number of aromatic nitrogens is 3. The number of carboxylic acid groups (broad SMARTS) is 1. The van der Waals surface area contributed by atoms with E-state index in [9.17, 15) is 9.90 Å². The van der Waals surface area contributed by atoms with Gasteiger partial charge in [-0.2, -0.15) is 0 Å². The molecule has 0 radical (unpaired) electrons. The number of rotatable bonds is 9. The second-order valence-corrected chi connectivity index (χ2v) is 7.96. The van der Waals surface area contributed by atoms with Gasteiger partial charge in [-0.05, 0) is 42.2 Å². The third-order valence-electron chi connectivity index (χ3n) is 5.16. The molecule has 3 aromatic rings. The molecule has 0 aliphatic carbocycles. The Morgan fingerprint density at radius 2 is 2.03 bits per heavy atom. The molecule has 3 N–H and O–H groups in total. The van der Waals surface area contributed by atoms with Crippen LogP contribution in [0.4, 0.5) is 11.6 Å². The Hall–Kier alpha value is -3.39. The standard InChI is InChI=1S/C23H24ClN5O3/c24-17-6-3-15(4-7-17)19(12-22(30)31)29-20-13-27-21(14-26-20)32-11-9-18-8-5-16-2-1-10-25-23(16)28-18/h3-8,13-14,19H,1-2,9-12H2,(H,25,28)(H,26,29)(H,30,31). The number of hydrogen-bond acceptors (Lipinski definition) is 7. The zero-order chi connectivity index (χ0) is 22.3. The van der Waals surface area contributed by atoms with Crippen LogP contribution in [-0.2, 0) is 17.6 Å². The van der Waals surface area contributed by atoms with Crippen LogP contribution in [0.5, 0.6) is 5.88 Å². The third-order valence-corrected chi connectivity index (χ3v) is 5.41. The maximum Gasteiger partial charge on any atom is 0.305 e. The molecule has 1 aliphatic rings. The highest BCUT2D eigenvalue weighted by Crippen LogP contribution is 2.24. The number of nitrogens with zero attached hydrogens (tertiary/aromatic N) is 3. The van der Waals surface area contributed by atoms with Gasteiger partial charge in [-0.15, -0.1) is 0 Å². The Bertz CT molecular complexity index is 1060. The lowest BCUT2D eigenvalue weighted by atomic mass is 10.0. The van der Waals surface area contributed by atoms with Crippen molar-refractivity contribution in [2.45, 2.75) is 31.7 Å².